The van der Waals surface area contributed by atoms with Gasteiger partial charge in [0.15, 0.2) is 0 Å². The minimum Gasteiger partial charge on any atom is -0.314 e. The predicted octanol–water partition coefficient (Wildman–Crippen LogP) is -0.118. The van der Waals surface area contributed by atoms with Crippen molar-refractivity contribution in [2.24, 2.45) is 5.10 Å². The highest BCUT2D eigenvalue weighted by molar-refractivity contribution is 5.89. The quantitative estimate of drug-likeness (QED) is 0.446. The third-order valence-corrected chi connectivity index (χ3v) is 3.88. The standard InChI is InChI=1S/C15H18N6O3/c1-9(10-5-3-2-4-6-10)7-16-20-11(22)8-21-13-12(18-15(21)24)17-14(23)19-13/h2-7,9,12-13H,8H2,1H3,(H,18,24)(H,20,22)(H2,17,19,23)/b16-7-/t9-,12+,13+/m1/s1. The number of rotatable bonds is 5. The largest absolute Gasteiger partial charge is 0.321 e. The first-order valence-electron chi connectivity index (χ1n) is 7.56. The Kier molecular flexibility index (Phi) is 4.32. The first kappa shape index (κ1) is 15.8. The van der Waals surface area contributed by atoms with Crippen molar-refractivity contribution in [3.8, 4) is 0 Å². The molecule has 2 fully saturated rings. The second-order valence-corrected chi connectivity index (χ2v) is 5.63. The number of amides is 5. The molecule has 1 aromatic rings. The third-order valence-electron chi connectivity index (χ3n) is 3.88. The number of fused-ring (bicyclic) bond motifs is 1. The molecule has 0 spiro atoms. The molecule has 2 aliphatic heterocycles. The van der Waals surface area contributed by atoms with Crippen LogP contribution in [0.25, 0.3) is 0 Å². The van der Waals surface area contributed by atoms with E-state index in [4.69, 9.17) is 0 Å². The van der Waals surface area contributed by atoms with E-state index in [1.807, 2.05) is 37.3 Å². The normalized spacial score (nSPS) is 23.5. The summed E-state index contributed by atoms with van der Waals surface area (Å²) in [6, 6.07) is 8.95. The van der Waals surface area contributed by atoms with Crippen molar-refractivity contribution in [3.63, 3.8) is 0 Å². The molecule has 5 amide bonds. The van der Waals surface area contributed by atoms with Crippen molar-refractivity contribution < 1.29 is 14.4 Å². The summed E-state index contributed by atoms with van der Waals surface area (Å²) in [5.41, 5.74) is 3.48. The Bertz CT molecular complexity index is 677. The highest BCUT2D eigenvalue weighted by Crippen LogP contribution is 2.13. The average Bonchev–Trinajstić information content (AvgIpc) is 3.05. The van der Waals surface area contributed by atoms with Crippen LogP contribution in [0.4, 0.5) is 9.59 Å². The molecule has 0 aromatic heterocycles. The van der Waals surface area contributed by atoms with Crippen LogP contribution in [-0.2, 0) is 4.79 Å². The van der Waals surface area contributed by atoms with Crippen LogP contribution in [0, 0.1) is 0 Å². The van der Waals surface area contributed by atoms with Crippen LogP contribution in [0.5, 0.6) is 0 Å². The molecule has 2 aliphatic rings. The lowest BCUT2D eigenvalue weighted by Gasteiger charge is -2.19. The molecule has 2 saturated heterocycles. The van der Waals surface area contributed by atoms with Gasteiger partial charge in [-0.15, -0.1) is 0 Å². The van der Waals surface area contributed by atoms with Crippen LogP contribution in [0.3, 0.4) is 0 Å². The summed E-state index contributed by atoms with van der Waals surface area (Å²) in [5.74, 6) is -0.396. The second kappa shape index (κ2) is 6.57. The number of hydrogen-bond acceptors (Lipinski definition) is 4. The van der Waals surface area contributed by atoms with E-state index in [0.29, 0.717) is 0 Å². The van der Waals surface area contributed by atoms with Gasteiger partial charge >= 0.3 is 12.1 Å². The lowest BCUT2D eigenvalue weighted by atomic mass is 10.0. The van der Waals surface area contributed by atoms with Gasteiger partial charge in [0.2, 0.25) is 0 Å². The summed E-state index contributed by atoms with van der Waals surface area (Å²) in [6.07, 6.45) is 0.515. The van der Waals surface area contributed by atoms with Crippen LogP contribution in [0.1, 0.15) is 18.4 Å². The van der Waals surface area contributed by atoms with Crippen LogP contribution in [-0.4, -0.2) is 48.0 Å². The van der Waals surface area contributed by atoms with Crippen molar-refractivity contribution in [3.05, 3.63) is 35.9 Å². The zero-order valence-electron chi connectivity index (χ0n) is 13.0. The van der Waals surface area contributed by atoms with Gasteiger partial charge in [-0.25, -0.2) is 15.0 Å². The summed E-state index contributed by atoms with van der Waals surface area (Å²) in [4.78, 5) is 36.3. The zero-order chi connectivity index (χ0) is 17.1. The fraction of sp³-hybridized carbons (Fsp3) is 0.333. The Hall–Kier alpha value is -3.10. The smallest absolute Gasteiger partial charge is 0.314 e. The zero-order valence-corrected chi connectivity index (χ0v) is 13.0. The van der Waals surface area contributed by atoms with E-state index in [-0.39, 0.29) is 18.5 Å². The molecule has 2 heterocycles. The molecule has 126 valence electrons. The fourth-order valence-electron chi connectivity index (χ4n) is 2.62. The lowest BCUT2D eigenvalue weighted by molar-refractivity contribution is -0.121. The van der Waals surface area contributed by atoms with Crippen molar-refractivity contribution >= 4 is 24.2 Å². The molecule has 3 rings (SSSR count). The number of benzene rings is 1. The second-order valence-electron chi connectivity index (χ2n) is 5.63. The highest BCUT2D eigenvalue weighted by Gasteiger charge is 2.45. The van der Waals surface area contributed by atoms with Gasteiger partial charge < -0.3 is 16.0 Å². The number of nitrogens with one attached hydrogen (secondary N) is 4. The molecule has 3 atom stereocenters. The molecule has 0 unspecified atom stereocenters. The molecule has 0 radical (unpaired) electrons. The van der Waals surface area contributed by atoms with Gasteiger partial charge in [0.05, 0.1) is 0 Å². The van der Waals surface area contributed by atoms with E-state index in [1.165, 1.54) is 4.90 Å². The number of hydrazone groups is 1. The van der Waals surface area contributed by atoms with Crippen LogP contribution in [0.15, 0.2) is 35.4 Å². The van der Waals surface area contributed by atoms with E-state index in [1.54, 1.807) is 6.21 Å². The molecule has 0 aliphatic carbocycles. The predicted molar refractivity (Wildman–Crippen MR) is 86.0 cm³/mol. The number of carbonyl (C=O) groups is 3. The van der Waals surface area contributed by atoms with Crippen LogP contribution >= 0.6 is 0 Å². The van der Waals surface area contributed by atoms with E-state index < -0.39 is 24.3 Å². The van der Waals surface area contributed by atoms with Gasteiger partial charge in [0.1, 0.15) is 18.9 Å². The monoisotopic (exact) mass is 330 g/mol. The highest BCUT2D eigenvalue weighted by atomic mass is 16.2. The maximum Gasteiger partial charge on any atom is 0.321 e. The molecule has 0 saturated carbocycles. The van der Waals surface area contributed by atoms with E-state index in [0.717, 1.165) is 5.56 Å². The van der Waals surface area contributed by atoms with Crippen molar-refractivity contribution in [2.45, 2.75) is 25.2 Å². The Morgan fingerprint density at radius 2 is 2.04 bits per heavy atom. The SMILES string of the molecule is C[C@H](/C=N\NC(=O)CN1C(=O)N[C@@H]2NC(=O)N[C@H]21)c1ccccc1. The van der Waals surface area contributed by atoms with Gasteiger partial charge in [-0.2, -0.15) is 5.10 Å². The Morgan fingerprint density at radius 1 is 1.29 bits per heavy atom. The summed E-state index contributed by atoms with van der Waals surface area (Å²) < 4.78 is 0. The van der Waals surface area contributed by atoms with Gasteiger partial charge in [0.25, 0.3) is 5.91 Å². The van der Waals surface area contributed by atoms with Gasteiger partial charge in [-0.05, 0) is 5.56 Å². The Morgan fingerprint density at radius 3 is 2.79 bits per heavy atom. The van der Waals surface area contributed by atoms with E-state index in [2.05, 4.69) is 26.5 Å². The maximum absolute atomic E-state index is 12.0. The van der Waals surface area contributed by atoms with Crippen molar-refractivity contribution in [1.82, 2.24) is 26.3 Å². The van der Waals surface area contributed by atoms with Crippen LogP contribution < -0.4 is 21.4 Å². The maximum atomic E-state index is 12.0. The number of urea groups is 2. The summed E-state index contributed by atoms with van der Waals surface area (Å²) in [6.45, 7) is 1.76. The molecule has 9 nitrogen and oxygen atoms in total. The fourth-order valence-corrected chi connectivity index (χ4v) is 2.62. The van der Waals surface area contributed by atoms with Crippen LogP contribution in [0.2, 0.25) is 0 Å². The first-order chi connectivity index (χ1) is 11.5. The summed E-state index contributed by atoms with van der Waals surface area (Å²) in [7, 11) is 0. The Balaban J connectivity index is 1.51. The van der Waals surface area contributed by atoms with Gasteiger partial charge in [-0.1, -0.05) is 37.3 Å². The Labute approximate surface area is 138 Å². The minimum atomic E-state index is -0.581. The number of carbonyl (C=O) groups excluding carboxylic acids is 3. The molecule has 9 heteroatoms. The summed E-state index contributed by atoms with van der Waals surface area (Å²) >= 11 is 0. The van der Waals surface area contributed by atoms with Crippen molar-refractivity contribution in [1.29, 1.82) is 0 Å². The minimum absolute atomic E-state index is 0.0456. The molecule has 1 aromatic carbocycles. The van der Waals surface area contributed by atoms with Gasteiger partial charge in [0, 0.05) is 12.1 Å². The molecule has 0 bridgehead atoms. The van der Waals surface area contributed by atoms with Crippen molar-refractivity contribution in [2.75, 3.05) is 6.54 Å². The molecule has 24 heavy (non-hydrogen) atoms. The topological polar surface area (TPSA) is 115 Å². The van der Waals surface area contributed by atoms with E-state index >= 15 is 0 Å². The average molecular weight is 330 g/mol. The number of hydrogen-bond donors (Lipinski definition) is 4. The van der Waals surface area contributed by atoms with Gasteiger partial charge in [-0.3, -0.25) is 9.69 Å². The number of nitrogens with zero attached hydrogens (tertiary/aromatic N) is 2. The molecular formula is C15H18N6O3. The third kappa shape index (κ3) is 3.29. The summed E-state index contributed by atoms with van der Waals surface area (Å²) in [5, 5.41) is 11.6. The molecule has 4 N–H and O–H groups in total. The molecular weight excluding hydrogens is 312 g/mol. The lowest BCUT2D eigenvalue weighted by Crippen LogP contribution is -2.47. The first-order valence-corrected chi connectivity index (χ1v) is 7.56. The van der Waals surface area contributed by atoms with E-state index in [9.17, 15) is 14.4 Å².